The monoisotopic (exact) mass is 347 g/mol. The van der Waals surface area contributed by atoms with E-state index in [0.29, 0.717) is 49.5 Å². The molecule has 136 valence electrons. The SMILES string of the molecule is COc1ccc2c(c1)N(C(=O)C(=O)N1CCN(C(C)C)CC1)CCO2. The second-order valence-electron chi connectivity index (χ2n) is 6.56. The molecule has 1 aromatic carbocycles. The molecule has 0 aromatic heterocycles. The van der Waals surface area contributed by atoms with Crippen molar-refractivity contribution in [2.24, 2.45) is 0 Å². The summed E-state index contributed by atoms with van der Waals surface area (Å²) < 4.78 is 10.8. The molecule has 0 N–H and O–H groups in total. The van der Waals surface area contributed by atoms with Gasteiger partial charge in [-0.25, -0.2) is 0 Å². The van der Waals surface area contributed by atoms with Crippen molar-refractivity contribution in [3.63, 3.8) is 0 Å². The summed E-state index contributed by atoms with van der Waals surface area (Å²) in [5, 5.41) is 0. The Balaban J connectivity index is 1.73. The summed E-state index contributed by atoms with van der Waals surface area (Å²) in [5.41, 5.74) is 0.588. The van der Waals surface area contributed by atoms with Crippen LogP contribution < -0.4 is 14.4 Å². The number of hydrogen-bond acceptors (Lipinski definition) is 5. The van der Waals surface area contributed by atoms with Crippen molar-refractivity contribution in [2.75, 3.05) is 51.3 Å². The molecule has 1 saturated heterocycles. The molecule has 7 nitrogen and oxygen atoms in total. The van der Waals surface area contributed by atoms with Crippen LogP contribution in [-0.2, 0) is 9.59 Å². The lowest BCUT2D eigenvalue weighted by Gasteiger charge is -2.37. The van der Waals surface area contributed by atoms with E-state index in [1.807, 2.05) is 0 Å². The minimum atomic E-state index is -0.504. The van der Waals surface area contributed by atoms with Crippen LogP contribution in [0.2, 0.25) is 0 Å². The maximum atomic E-state index is 12.8. The minimum Gasteiger partial charge on any atom is -0.497 e. The molecule has 0 radical (unpaired) electrons. The van der Waals surface area contributed by atoms with Crippen LogP contribution in [0.3, 0.4) is 0 Å². The number of amides is 2. The molecule has 0 unspecified atom stereocenters. The van der Waals surface area contributed by atoms with Gasteiger partial charge in [0.15, 0.2) is 0 Å². The van der Waals surface area contributed by atoms with Gasteiger partial charge in [-0.2, -0.15) is 0 Å². The summed E-state index contributed by atoms with van der Waals surface area (Å²) in [7, 11) is 1.57. The summed E-state index contributed by atoms with van der Waals surface area (Å²) >= 11 is 0. The Labute approximate surface area is 148 Å². The lowest BCUT2D eigenvalue weighted by molar-refractivity contribution is -0.145. The largest absolute Gasteiger partial charge is 0.497 e. The van der Waals surface area contributed by atoms with E-state index in [-0.39, 0.29) is 0 Å². The van der Waals surface area contributed by atoms with Crippen molar-refractivity contribution >= 4 is 17.5 Å². The van der Waals surface area contributed by atoms with E-state index in [9.17, 15) is 9.59 Å². The molecule has 2 amide bonds. The summed E-state index contributed by atoms with van der Waals surface area (Å²) in [6, 6.07) is 5.72. The molecule has 2 aliphatic heterocycles. The fourth-order valence-electron chi connectivity index (χ4n) is 3.23. The van der Waals surface area contributed by atoms with Crippen LogP contribution in [0.4, 0.5) is 5.69 Å². The van der Waals surface area contributed by atoms with Gasteiger partial charge in [-0.1, -0.05) is 0 Å². The number of methoxy groups -OCH3 is 1. The molecule has 2 aliphatic rings. The third-order valence-corrected chi connectivity index (χ3v) is 4.79. The minimum absolute atomic E-state index is 0.358. The van der Waals surface area contributed by atoms with E-state index in [0.717, 1.165) is 13.1 Å². The molecular weight excluding hydrogens is 322 g/mol. The average molecular weight is 347 g/mol. The molecule has 0 saturated carbocycles. The maximum Gasteiger partial charge on any atom is 0.316 e. The summed E-state index contributed by atoms with van der Waals surface area (Å²) in [6.07, 6.45) is 0. The van der Waals surface area contributed by atoms with Crippen molar-refractivity contribution in [1.82, 2.24) is 9.80 Å². The lowest BCUT2D eigenvalue weighted by atomic mass is 10.2. The first-order valence-electron chi connectivity index (χ1n) is 8.67. The third-order valence-electron chi connectivity index (χ3n) is 4.79. The Morgan fingerprint density at radius 1 is 1.08 bits per heavy atom. The van der Waals surface area contributed by atoms with E-state index in [1.165, 1.54) is 4.90 Å². The zero-order chi connectivity index (χ0) is 18.0. The topological polar surface area (TPSA) is 62.3 Å². The van der Waals surface area contributed by atoms with Gasteiger partial charge in [0.1, 0.15) is 18.1 Å². The number of nitrogens with zero attached hydrogens (tertiary/aromatic N) is 3. The Bertz CT molecular complexity index is 654. The number of piperazine rings is 1. The molecule has 0 spiro atoms. The molecule has 7 heteroatoms. The lowest BCUT2D eigenvalue weighted by Crippen LogP contribution is -2.55. The fraction of sp³-hybridized carbons (Fsp3) is 0.556. The highest BCUT2D eigenvalue weighted by Crippen LogP contribution is 2.35. The van der Waals surface area contributed by atoms with Crippen LogP contribution in [0, 0.1) is 0 Å². The van der Waals surface area contributed by atoms with Crippen LogP contribution in [0.25, 0.3) is 0 Å². The molecule has 0 atom stereocenters. The van der Waals surface area contributed by atoms with Gasteiger partial charge in [0.05, 0.1) is 19.3 Å². The number of carbonyl (C=O) groups excluding carboxylic acids is 2. The molecule has 2 heterocycles. The Morgan fingerprint density at radius 2 is 1.80 bits per heavy atom. The second-order valence-corrected chi connectivity index (χ2v) is 6.56. The van der Waals surface area contributed by atoms with E-state index in [4.69, 9.17) is 9.47 Å². The van der Waals surface area contributed by atoms with Gasteiger partial charge >= 0.3 is 11.8 Å². The van der Waals surface area contributed by atoms with E-state index < -0.39 is 11.8 Å². The predicted octanol–water partition coefficient (Wildman–Crippen LogP) is 0.973. The summed E-state index contributed by atoms with van der Waals surface area (Å²) in [4.78, 5) is 30.9. The van der Waals surface area contributed by atoms with Crippen molar-refractivity contribution in [3.8, 4) is 11.5 Å². The van der Waals surface area contributed by atoms with Crippen molar-refractivity contribution in [2.45, 2.75) is 19.9 Å². The smallest absolute Gasteiger partial charge is 0.316 e. The first-order valence-corrected chi connectivity index (χ1v) is 8.67. The standard InChI is InChI=1S/C18H25N3O4/c1-13(2)19-6-8-20(9-7-19)17(22)18(23)21-10-11-25-16-5-4-14(24-3)12-15(16)21/h4-5,12-13H,6-11H2,1-3H3. The Hall–Kier alpha value is -2.28. The van der Waals surface area contributed by atoms with Crippen LogP contribution in [0.5, 0.6) is 11.5 Å². The van der Waals surface area contributed by atoms with Gasteiger partial charge < -0.3 is 14.4 Å². The zero-order valence-electron chi connectivity index (χ0n) is 15.0. The van der Waals surface area contributed by atoms with E-state index in [1.54, 1.807) is 30.2 Å². The number of benzene rings is 1. The molecule has 3 rings (SSSR count). The fourth-order valence-corrected chi connectivity index (χ4v) is 3.23. The van der Waals surface area contributed by atoms with Gasteiger partial charge in [-0.15, -0.1) is 0 Å². The Morgan fingerprint density at radius 3 is 2.44 bits per heavy atom. The molecule has 25 heavy (non-hydrogen) atoms. The van der Waals surface area contributed by atoms with Gasteiger partial charge in [0.25, 0.3) is 0 Å². The highest BCUT2D eigenvalue weighted by atomic mass is 16.5. The van der Waals surface area contributed by atoms with Gasteiger partial charge in [0.2, 0.25) is 0 Å². The van der Waals surface area contributed by atoms with Gasteiger partial charge in [-0.3, -0.25) is 19.4 Å². The highest BCUT2D eigenvalue weighted by Gasteiger charge is 2.33. The van der Waals surface area contributed by atoms with Crippen molar-refractivity contribution in [3.05, 3.63) is 18.2 Å². The molecule has 1 fully saturated rings. The second kappa shape index (κ2) is 7.31. The number of ether oxygens (including phenoxy) is 2. The normalized spacial score (nSPS) is 17.9. The van der Waals surface area contributed by atoms with Gasteiger partial charge in [0, 0.05) is 38.3 Å². The van der Waals surface area contributed by atoms with Crippen LogP contribution in [-0.4, -0.2) is 74.1 Å². The van der Waals surface area contributed by atoms with Crippen LogP contribution >= 0.6 is 0 Å². The molecular formula is C18H25N3O4. The van der Waals surface area contributed by atoms with E-state index in [2.05, 4.69) is 18.7 Å². The predicted molar refractivity (Wildman–Crippen MR) is 94.1 cm³/mol. The van der Waals surface area contributed by atoms with Crippen molar-refractivity contribution < 1.29 is 19.1 Å². The zero-order valence-corrected chi connectivity index (χ0v) is 15.0. The van der Waals surface area contributed by atoms with E-state index >= 15 is 0 Å². The average Bonchev–Trinajstić information content (AvgIpc) is 2.66. The molecule has 0 aliphatic carbocycles. The van der Waals surface area contributed by atoms with Crippen LogP contribution in [0.1, 0.15) is 13.8 Å². The summed E-state index contributed by atoms with van der Waals surface area (Å²) in [6.45, 7) is 7.77. The number of carbonyl (C=O) groups is 2. The molecule has 1 aromatic rings. The quantitative estimate of drug-likeness (QED) is 0.746. The number of hydrogen-bond donors (Lipinski definition) is 0. The van der Waals surface area contributed by atoms with Crippen LogP contribution in [0.15, 0.2) is 18.2 Å². The molecule has 0 bridgehead atoms. The summed E-state index contributed by atoms with van der Waals surface area (Å²) in [5.74, 6) is 0.271. The maximum absolute atomic E-state index is 12.8. The number of rotatable bonds is 2. The third kappa shape index (κ3) is 3.56. The van der Waals surface area contributed by atoms with Gasteiger partial charge in [-0.05, 0) is 26.0 Å². The van der Waals surface area contributed by atoms with Crippen molar-refractivity contribution in [1.29, 1.82) is 0 Å². The number of anilines is 1. The Kier molecular flexibility index (Phi) is 5.13. The first kappa shape index (κ1) is 17.5. The number of fused-ring (bicyclic) bond motifs is 1. The first-order chi connectivity index (χ1) is 12.0. The highest BCUT2D eigenvalue weighted by molar-refractivity contribution is 6.40.